The molecule has 6 nitrogen and oxygen atoms in total. The lowest BCUT2D eigenvalue weighted by molar-refractivity contribution is -0.123. The fourth-order valence-electron chi connectivity index (χ4n) is 1.62. The maximum Gasteiger partial charge on any atom is 0.408 e. The van der Waals surface area contributed by atoms with E-state index in [4.69, 9.17) is 22.2 Å². The number of nitrogens with two attached hydrogens (primary N) is 1. The molecule has 2 amide bonds. The number of hydrogen-bond donors (Lipinski definition) is 3. The number of nitrogens with one attached hydrogen (secondary N) is 2. The van der Waals surface area contributed by atoms with Crippen molar-refractivity contribution in [1.82, 2.24) is 10.7 Å². The molecule has 0 aromatic heterocycles. The highest BCUT2D eigenvalue weighted by Crippen LogP contribution is 2.12. The smallest absolute Gasteiger partial charge is 0.408 e. The van der Waals surface area contributed by atoms with Crippen LogP contribution in [-0.4, -0.2) is 23.6 Å². The summed E-state index contributed by atoms with van der Waals surface area (Å²) in [6, 6.07) is 6.14. The van der Waals surface area contributed by atoms with Crippen LogP contribution in [0.4, 0.5) is 4.79 Å². The monoisotopic (exact) mass is 313 g/mol. The molecule has 0 aliphatic carbocycles. The zero-order valence-electron chi connectivity index (χ0n) is 12.3. The van der Waals surface area contributed by atoms with Gasteiger partial charge in [-0.05, 0) is 38.5 Å². The highest BCUT2D eigenvalue weighted by atomic mass is 35.5. The summed E-state index contributed by atoms with van der Waals surface area (Å²) in [6.45, 7) is 5.22. The average molecular weight is 314 g/mol. The number of carbonyl (C=O) groups is 2. The van der Waals surface area contributed by atoms with Gasteiger partial charge in [-0.3, -0.25) is 10.2 Å². The Morgan fingerprint density at radius 2 is 1.86 bits per heavy atom. The summed E-state index contributed by atoms with van der Waals surface area (Å²) in [5.41, 5.74) is 2.22. The van der Waals surface area contributed by atoms with E-state index >= 15 is 0 Å². The minimum Gasteiger partial charge on any atom is -0.444 e. The first-order chi connectivity index (χ1) is 9.71. The summed E-state index contributed by atoms with van der Waals surface area (Å²) in [4.78, 5) is 23.5. The molecular formula is C14H20ClN3O3. The van der Waals surface area contributed by atoms with Crippen molar-refractivity contribution in [1.29, 1.82) is 0 Å². The van der Waals surface area contributed by atoms with Gasteiger partial charge in [0.1, 0.15) is 11.6 Å². The molecule has 0 fully saturated rings. The number of rotatable bonds is 4. The van der Waals surface area contributed by atoms with Crippen molar-refractivity contribution in [3.8, 4) is 0 Å². The minimum atomic E-state index is -0.828. The summed E-state index contributed by atoms with van der Waals surface area (Å²) in [7, 11) is 0. The van der Waals surface area contributed by atoms with Gasteiger partial charge in [-0.1, -0.05) is 23.7 Å². The Labute approximate surface area is 129 Å². The first-order valence-electron chi connectivity index (χ1n) is 6.45. The minimum absolute atomic E-state index is 0.277. The molecule has 0 unspecified atom stereocenters. The van der Waals surface area contributed by atoms with Crippen molar-refractivity contribution in [2.45, 2.75) is 38.8 Å². The Kier molecular flexibility index (Phi) is 5.99. The second kappa shape index (κ2) is 7.28. The number of amides is 2. The van der Waals surface area contributed by atoms with Gasteiger partial charge in [-0.2, -0.15) is 0 Å². The van der Waals surface area contributed by atoms with E-state index in [1.807, 2.05) is 5.43 Å². The molecule has 1 rings (SSSR count). The van der Waals surface area contributed by atoms with Gasteiger partial charge in [-0.25, -0.2) is 10.6 Å². The zero-order chi connectivity index (χ0) is 16.0. The maximum absolute atomic E-state index is 11.8. The third-order valence-corrected chi connectivity index (χ3v) is 2.75. The Hall–Kier alpha value is -1.79. The van der Waals surface area contributed by atoms with Gasteiger partial charge in [0, 0.05) is 11.4 Å². The van der Waals surface area contributed by atoms with E-state index in [0.717, 1.165) is 5.56 Å². The van der Waals surface area contributed by atoms with E-state index < -0.39 is 23.6 Å². The normalized spacial score (nSPS) is 12.4. The largest absolute Gasteiger partial charge is 0.444 e. The molecule has 1 atom stereocenters. The fourth-order valence-corrected chi connectivity index (χ4v) is 1.74. The Balaban J connectivity index is 2.74. The summed E-state index contributed by atoms with van der Waals surface area (Å²) in [5.74, 6) is 4.64. The van der Waals surface area contributed by atoms with E-state index in [0.29, 0.717) is 5.02 Å². The lowest BCUT2D eigenvalue weighted by atomic mass is 10.1. The van der Waals surface area contributed by atoms with Crippen LogP contribution in [0.1, 0.15) is 26.3 Å². The van der Waals surface area contributed by atoms with Crippen molar-refractivity contribution in [2.75, 3.05) is 0 Å². The van der Waals surface area contributed by atoms with Crippen molar-refractivity contribution in [3.05, 3.63) is 34.9 Å². The number of halogens is 1. The quantitative estimate of drug-likeness (QED) is 0.448. The van der Waals surface area contributed by atoms with Crippen LogP contribution in [-0.2, 0) is 16.0 Å². The van der Waals surface area contributed by atoms with Gasteiger partial charge < -0.3 is 10.1 Å². The number of benzene rings is 1. The molecular weight excluding hydrogens is 294 g/mol. The van der Waals surface area contributed by atoms with Gasteiger partial charge >= 0.3 is 6.09 Å². The Bertz CT molecular complexity index is 497. The first-order valence-corrected chi connectivity index (χ1v) is 6.83. The molecule has 21 heavy (non-hydrogen) atoms. The number of ether oxygens (including phenoxy) is 1. The number of hydrazine groups is 1. The lowest BCUT2D eigenvalue weighted by Crippen LogP contribution is -2.51. The number of alkyl carbamates (subject to hydrolysis) is 1. The van der Waals surface area contributed by atoms with Crippen molar-refractivity contribution >= 4 is 23.6 Å². The Morgan fingerprint density at radius 1 is 1.29 bits per heavy atom. The number of hydrogen-bond acceptors (Lipinski definition) is 4. The molecule has 7 heteroatoms. The summed E-state index contributed by atoms with van der Waals surface area (Å²) in [6.07, 6.45) is -0.399. The van der Waals surface area contributed by atoms with Crippen LogP contribution in [0.5, 0.6) is 0 Å². The van der Waals surface area contributed by atoms with Gasteiger partial charge in [0.15, 0.2) is 0 Å². The highest BCUT2D eigenvalue weighted by molar-refractivity contribution is 6.30. The topological polar surface area (TPSA) is 93.4 Å². The van der Waals surface area contributed by atoms with Crippen molar-refractivity contribution in [3.63, 3.8) is 0 Å². The van der Waals surface area contributed by atoms with E-state index in [1.54, 1.807) is 45.0 Å². The van der Waals surface area contributed by atoms with Crippen LogP contribution in [0, 0.1) is 0 Å². The van der Waals surface area contributed by atoms with Crippen LogP contribution in [0.2, 0.25) is 5.02 Å². The van der Waals surface area contributed by atoms with Crippen molar-refractivity contribution in [2.24, 2.45) is 5.84 Å². The molecule has 4 N–H and O–H groups in total. The standard InChI is InChI=1S/C14H20ClN3O3/c1-14(2,3)21-13(20)17-11(12(19)18-16)8-9-4-6-10(15)7-5-9/h4-7,11H,8,16H2,1-3H3,(H,17,20)(H,18,19)/t11-/m0/s1. The van der Waals surface area contributed by atoms with Crippen LogP contribution in [0.15, 0.2) is 24.3 Å². The molecule has 0 spiro atoms. The third-order valence-electron chi connectivity index (χ3n) is 2.50. The highest BCUT2D eigenvalue weighted by Gasteiger charge is 2.24. The Morgan fingerprint density at radius 3 is 2.33 bits per heavy atom. The molecule has 1 aromatic rings. The van der Waals surface area contributed by atoms with Gasteiger partial charge in [0.2, 0.25) is 0 Å². The van der Waals surface area contributed by atoms with Crippen molar-refractivity contribution < 1.29 is 14.3 Å². The number of carbonyl (C=O) groups excluding carboxylic acids is 2. The second-order valence-corrected chi connectivity index (χ2v) is 5.97. The third kappa shape index (κ3) is 6.46. The van der Waals surface area contributed by atoms with Gasteiger partial charge in [-0.15, -0.1) is 0 Å². The predicted octanol–water partition coefficient (Wildman–Crippen LogP) is 1.77. The van der Waals surface area contributed by atoms with Gasteiger partial charge in [0.25, 0.3) is 5.91 Å². The SMILES string of the molecule is CC(C)(C)OC(=O)N[C@@H](Cc1ccc(Cl)cc1)C(=O)NN. The maximum atomic E-state index is 11.8. The molecule has 0 heterocycles. The van der Waals surface area contributed by atoms with E-state index in [1.165, 1.54) is 0 Å². The molecule has 0 saturated carbocycles. The molecule has 0 saturated heterocycles. The lowest BCUT2D eigenvalue weighted by Gasteiger charge is -2.23. The van der Waals surface area contributed by atoms with E-state index in [9.17, 15) is 9.59 Å². The summed E-state index contributed by atoms with van der Waals surface area (Å²) < 4.78 is 5.13. The molecule has 0 bridgehead atoms. The fraction of sp³-hybridized carbons (Fsp3) is 0.429. The molecule has 116 valence electrons. The van der Waals surface area contributed by atoms with E-state index in [2.05, 4.69) is 5.32 Å². The molecule has 1 aromatic carbocycles. The van der Waals surface area contributed by atoms with Gasteiger partial charge in [0.05, 0.1) is 0 Å². The summed E-state index contributed by atoms with van der Waals surface area (Å²) >= 11 is 5.81. The molecule has 0 aliphatic rings. The zero-order valence-corrected chi connectivity index (χ0v) is 13.0. The first kappa shape index (κ1) is 17.3. The molecule has 0 aliphatic heterocycles. The second-order valence-electron chi connectivity index (χ2n) is 5.54. The molecule has 0 radical (unpaired) electrons. The van der Waals surface area contributed by atoms with Crippen LogP contribution in [0.25, 0.3) is 0 Å². The predicted molar refractivity (Wildman–Crippen MR) is 80.6 cm³/mol. The van der Waals surface area contributed by atoms with Crippen LogP contribution >= 0.6 is 11.6 Å². The van der Waals surface area contributed by atoms with E-state index in [-0.39, 0.29) is 6.42 Å². The summed E-state index contributed by atoms with van der Waals surface area (Å²) in [5, 5.41) is 3.10. The van der Waals surface area contributed by atoms with Crippen LogP contribution in [0.3, 0.4) is 0 Å². The van der Waals surface area contributed by atoms with Crippen LogP contribution < -0.4 is 16.6 Å². The average Bonchev–Trinajstić information content (AvgIpc) is 2.37.